The van der Waals surface area contributed by atoms with Crippen LogP contribution in [0.1, 0.15) is 26.3 Å². The number of hydrazone groups is 1. The largest absolute Gasteiger partial charge is 0.297 e. The maximum absolute atomic E-state index is 13.3. The summed E-state index contributed by atoms with van der Waals surface area (Å²) in [5, 5.41) is 6.00. The normalized spacial score (nSPS) is 29.3. The molecule has 0 radical (unpaired) electrons. The molecular weight excluding hydrogens is 342 g/mol. The summed E-state index contributed by atoms with van der Waals surface area (Å²) in [4.78, 5) is 41.0. The van der Waals surface area contributed by atoms with Crippen molar-refractivity contribution in [2.24, 2.45) is 22.4 Å². The van der Waals surface area contributed by atoms with Crippen molar-refractivity contribution in [2.75, 3.05) is 4.90 Å². The molecule has 0 saturated carbocycles. The Morgan fingerprint density at radius 3 is 2.30 bits per heavy atom. The number of aryl methyl sites for hydroxylation is 1. The summed E-state index contributed by atoms with van der Waals surface area (Å²) in [6.07, 6.45) is 5.24. The molecule has 0 aliphatic carbocycles. The Hall–Kier alpha value is -2.76. The van der Waals surface area contributed by atoms with E-state index < -0.39 is 23.3 Å². The molecule has 6 nitrogen and oxygen atoms in total. The van der Waals surface area contributed by atoms with Crippen molar-refractivity contribution < 1.29 is 14.4 Å². The van der Waals surface area contributed by atoms with Crippen molar-refractivity contribution in [3.63, 3.8) is 0 Å². The number of hydrogen-bond donors (Lipinski definition) is 0. The van der Waals surface area contributed by atoms with Crippen molar-refractivity contribution in [3.05, 3.63) is 42.0 Å². The van der Waals surface area contributed by atoms with Gasteiger partial charge in [0, 0.05) is 11.6 Å². The highest BCUT2D eigenvalue weighted by Gasteiger charge is 2.64. The predicted molar refractivity (Wildman–Crippen MR) is 102 cm³/mol. The molecule has 2 amide bonds. The molecule has 3 heterocycles. The molecule has 2 saturated heterocycles. The SMILES string of the molecule is Cc1ccc(N2C(=O)[C@@H]3[C@H](C2=O)[C@H]2C=CC=NN2[C@@H]3C(=O)C(C)(C)C)cc1. The van der Waals surface area contributed by atoms with Gasteiger partial charge in [-0.05, 0) is 25.1 Å². The van der Waals surface area contributed by atoms with Gasteiger partial charge in [0.1, 0.15) is 6.04 Å². The summed E-state index contributed by atoms with van der Waals surface area (Å²) in [6.45, 7) is 7.45. The molecule has 27 heavy (non-hydrogen) atoms. The quantitative estimate of drug-likeness (QED) is 0.754. The highest BCUT2D eigenvalue weighted by atomic mass is 16.2. The van der Waals surface area contributed by atoms with Crippen LogP contribution in [0.2, 0.25) is 0 Å². The number of fused-ring (bicyclic) bond motifs is 3. The van der Waals surface area contributed by atoms with Gasteiger partial charge in [0.05, 0.1) is 23.6 Å². The van der Waals surface area contributed by atoms with Crippen LogP contribution in [0.25, 0.3) is 0 Å². The average molecular weight is 365 g/mol. The molecule has 140 valence electrons. The van der Waals surface area contributed by atoms with Gasteiger partial charge in [-0.3, -0.25) is 19.4 Å². The van der Waals surface area contributed by atoms with Gasteiger partial charge in [0.25, 0.3) is 0 Å². The van der Waals surface area contributed by atoms with E-state index in [9.17, 15) is 14.4 Å². The van der Waals surface area contributed by atoms with E-state index in [1.165, 1.54) is 4.90 Å². The van der Waals surface area contributed by atoms with Gasteiger partial charge < -0.3 is 0 Å². The highest BCUT2D eigenvalue weighted by Crippen LogP contribution is 2.47. The second-order valence-electron chi connectivity index (χ2n) is 8.48. The zero-order valence-electron chi connectivity index (χ0n) is 15.9. The number of anilines is 1. The Morgan fingerprint density at radius 1 is 1.04 bits per heavy atom. The fourth-order valence-electron chi connectivity index (χ4n) is 4.23. The van der Waals surface area contributed by atoms with E-state index in [0.717, 1.165) is 5.56 Å². The molecular formula is C21H23N3O3. The van der Waals surface area contributed by atoms with Crippen molar-refractivity contribution in [1.29, 1.82) is 0 Å². The third-order valence-electron chi connectivity index (χ3n) is 5.59. The standard InChI is InChI=1S/C21H23N3O3/c1-12-7-9-13(10-8-12)23-19(26)15-14-6-5-11-22-24(14)17(16(15)20(23)27)18(25)21(2,3)4/h5-11,14-17H,1-4H3/t14-,15-,16-,17+/m1/s1. The van der Waals surface area contributed by atoms with E-state index in [0.29, 0.717) is 5.69 Å². The lowest BCUT2D eigenvalue weighted by Gasteiger charge is -2.33. The molecule has 3 aliphatic rings. The number of carbonyl (C=O) groups excluding carboxylic acids is 3. The van der Waals surface area contributed by atoms with E-state index in [2.05, 4.69) is 5.10 Å². The third-order valence-corrected chi connectivity index (χ3v) is 5.59. The monoisotopic (exact) mass is 365 g/mol. The topological polar surface area (TPSA) is 70.1 Å². The first-order valence-corrected chi connectivity index (χ1v) is 9.20. The minimum atomic E-state index is -0.729. The van der Waals surface area contributed by atoms with Gasteiger partial charge in [0.15, 0.2) is 5.78 Å². The number of nitrogens with zero attached hydrogens (tertiary/aromatic N) is 3. The Morgan fingerprint density at radius 2 is 1.67 bits per heavy atom. The van der Waals surface area contributed by atoms with Crippen LogP contribution >= 0.6 is 0 Å². The number of benzene rings is 1. The van der Waals surface area contributed by atoms with Gasteiger partial charge in [-0.25, -0.2) is 4.90 Å². The Labute approximate surface area is 158 Å². The minimum absolute atomic E-state index is 0.0700. The number of amides is 2. The first-order valence-electron chi connectivity index (χ1n) is 9.20. The Balaban J connectivity index is 1.79. The lowest BCUT2D eigenvalue weighted by atomic mass is 9.80. The third kappa shape index (κ3) is 2.54. The van der Waals surface area contributed by atoms with Crippen LogP contribution in [0.4, 0.5) is 5.69 Å². The maximum atomic E-state index is 13.3. The molecule has 0 spiro atoms. The number of carbonyl (C=O) groups is 3. The summed E-state index contributed by atoms with van der Waals surface area (Å²) >= 11 is 0. The second kappa shape index (κ2) is 5.87. The van der Waals surface area contributed by atoms with Crippen LogP contribution in [0, 0.1) is 24.2 Å². The zero-order valence-corrected chi connectivity index (χ0v) is 15.9. The van der Waals surface area contributed by atoms with Crippen molar-refractivity contribution >= 4 is 29.5 Å². The maximum Gasteiger partial charge on any atom is 0.240 e. The van der Waals surface area contributed by atoms with Gasteiger partial charge in [-0.15, -0.1) is 0 Å². The number of allylic oxidation sites excluding steroid dienone is 1. The lowest BCUT2D eigenvalue weighted by Crippen LogP contribution is -2.49. The lowest BCUT2D eigenvalue weighted by molar-refractivity contribution is -0.136. The molecule has 1 aromatic rings. The van der Waals surface area contributed by atoms with Crippen LogP contribution in [-0.4, -0.2) is 40.9 Å². The van der Waals surface area contributed by atoms with Crippen molar-refractivity contribution in [1.82, 2.24) is 5.01 Å². The first-order chi connectivity index (χ1) is 12.7. The van der Waals surface area contributed by atoms with E-state index in [1.807, 2.05) is 45.9 Å². The number of ketones is 1. The number of hydrogen-bond acceptors (Lipinski definition) is 5. The molecule has 1 aromatic carbocycles. The predicted octanol–water partition coefficient (Wildman–Crippen LogP) is 2.32. The molecule has 3 aliphatic heterocycles. The van der Waals surface area contributed by atoms with Crippen LogP contribution in [0.5, 0.6) is 0 Å². The molecule has 0 aromatic heterocycles. The van der Waals surface area contributed by atoms with Crippen LogP contribution < -0.4 is 4.90 Å². The van der Waals surface area contributed by atoms with E-state index in [-0.39, 0.29) is 23.6 Å². The Bertz CT molecular complexity index is 879. The second-order valence-corrected chi connectivity index (χ2v) is 8.48. The summed E-state index contributed by atoms with van der Waals surface area (Å²) in [7, 11) is 0. The Kier molecular flexibility index (Phi) is 3.84. The molecule has 4 atom stereocenters. The number of imide groups is 1. The van der Waals surface area contributed by atoms with Crippen LogP contribution in [0.3, 0.4) is 0 Å². The van der Waals surface area contributed by atoms with Crippen molar-refractivity contribution in [3.8, 4) is 0 Å². The molecule has 0 bridgehead atoms. The minimum Gasteiger partial charge on any atom is -0.297 e. The first kappa shape index (κ1) is 17.6. The van der Waals surface area contributed by atoms with Crippen LogP contribution in [0.15, 0.2) is 41.5 Å². The van der Waals surface area contributed by atoms with Gasteiger partial charge in [0.2, 0.25) is 11.8 Å². The summed E-state index contributed by atoms with van der Waals surface area (Å²) in [6, 6.07) is 6.20. The fraction of sp³-hybridized carbons (Fsp3) is 0.429. The van der Waals surface area contributed by atoms with E-state index in [1.54, 1.807) is 29.4 Å². The summed E-state index contributed by atoms with van der Waals surface area (Å²) < 4.78 is 0. The molecule has 0 N–H and O–H groups in total. The molecule has 4 rings (SSSR count). The van der Waals surface area contributed by atoms with Gasteiger partial charge in [-0.2, -0.15) is 5.10 Å². The number of rotatable bonds is 2. The highest BCUT2D eigenvalue weighted by molar-refractivity contribution is 6.24. The van der Waals surface area contributed by atoms with Crippen LogP contribution in [-0.2, 0) is 14.4 Å². The summed E-state index contributed by atoms with van der Waals surface area (Å²) in [5.74, 6) is -1.94. The molecule has 6 heteroatoms. The van der Waals surface area contributed by atoms with Crippen molar-refractivity contribution in [2.45, 2.75) is 39.8 Å². The van der Waals surface area contributed by atoms with Gasteiger partial charge >= 0.3 is 0 Å². The molecule has 0 unspecified atom stereocenters. The van der Waals surface area contributed by atoms with E-state index in [4.69, 9.17) is 0 Å². The molecule has 2 fully saturated rings. The zero-order chi connectivity index (χ0) is 19.5. The number of Topliss-reactive ketones (excluding diaryl/α,β-unsaturated/α-hetero) is 1. The smallest absolute Gasteiger partial charge is 0.240 e. The summed E-state index contributed by atoms with van der Waals surface area (Å²) in [5.41, 5.74) is 0.970. The fourth-order valence-corrected chi connectivity index (χ4v) is 4.23. The average Bonchev–Trinajstić information content (AvgIpc) is 3.08. The van der Waals surface area contributed by atoms with Gasteiger partial charge in [-0.1, -0.05) is 44.5 Å². The van der Waals surface area contributed by atoms with E-state index >= 15 is 0 Å².